The molecule has 3 aromatic carbocycles. The summed E-state index contributed by atoms with van der Waals surface area (Å²) in [6.07, 6.45) is 9.39. The first-order chi connectivity index (χ1) is 32.6. The summed E-state index contributed by atoms with van der Waals surface area (Å²) in [7, 11) is 1.73. The molecule has 0 radical (unpaired) electrons. The van der Waals surface area contributed by atoms with Crippen LogP contribution in [-0.2, 0) is 9.47 Å². The summed E-state index contributed by atoms with van der Waals surface area (Å²) in [6, 6.07) is 20.5. The second-order valence-corrected chi connectivity index (χ2v) is 18.5. The molecule has 4 heterocycles. The molecule has 5 aromatic rings. The zero-order valence-electron chi connectivity index (χ0n) is 40.3. The minimum Gasteiger partial charge on any atom is -0.444 e. The van der Waals surface area contributed by atoms with E-state index in [1.54, 1.807) is 71.6 Å². The van der Waals surface area contributed by atoms with Crippen molar-refractivity contribution in [2.24, 2.45) is 5.92 Å². The zero-order valence-corrected chi connectivity index (χ0v) is 40.3. The fourth-order valence-corrected chi connectivity index (χ4v) is 7.30. The van der Waals surface area contributed by atoms with E-state index in [9.17, 15) is 39.4 Å². The number of hydrogen-bond donors (Lipinski definition) is 0. The van der Waals surface area contributed by atoms with E-state index in [4.69, 9.17) is 14.2 Å². The molecule has 20 nitrogen and oxygen atoms in total. The predicted molar refractivity (Wildman–Crippen MR) is 257 cm³/mol. The number of nitrogens with zero attached hydrogens (tertiary/aromatic N) is 9. The lowest BCUT2D eigenvalue weighted by Gasteiger charge is -2.37. The van der Waals surface area contributed by atoms with Crippen molar-refractivity contribution in [2.75, 3.05) is 33.2 Å². The van der Waals surface area contributed by atoms with E-state index in [1.807, 2.05) is 52.5 Å². The van der Waals surface area contributed by atoms with Crippen LogP contribution in [0.2, 0.25) is 0 Å². The molecular weight excluding hydrogens is 891 g/mol. The summed E-state index contributed by atoms with van der Waals surface area (Å²) in [5.74, 6) is 1.21. The topological polar surface area (TPSA) is 228 Å². The first-order valence-corrected chi connectivity index (χ1v) is 22.7. The van der Waals surface area contributed by atoms with Gasteiger partial charge in [-0.05, 0) is 85.3 Å². The minimum absolute atomic E-state index is 0.0187. The molecule has 0 spiro atoms. The van der Waals surface area contributed by atoms with Gasteiger partial charge in [0.15, 0.2) is 0 Å². The Morgan fingerprint density at radius 3 is 1.55 bits per heavy atom. The number of nitro groups is 2. The number of amides is 3. The zero-order chi connectivity index (χ0) is 50.5. The molecule has 0 N–H and O–H groups in total. The van der Waals surface area contributed by atoms with E-state index in [-0.39, 0.29) is 41.2 Å². The van der Waals surface area contributed by atoms with Gasteiger partial charge in [0.25, 0.3) is 11.4 Å². The van der Waals surface area contributed by atoms with Crippen LogP contribution >= 0.6 is 0 Å². The number of hydrogen-bond acceptors (Lipinski definition) is 13. The van der Waals surface area contributed by atoms with Crippen LogP contribution in [0.1, 0.15) is 80.6 Å². The molecule has 0 aliphatic carbocycles. The standard InChI is InChI=1S/C21H27N5O5.C16H11N3O4.C12H23NO2/c1-21(2,3)31-20(28)24-10-8-16(9-11-24)23(4)19(27)25-13-18(22-14-25)15-6-5-7-17(12-15)26(29)30;20-16(23-14-7-2-1-3-8-14)18-10-15(17-11-18)12-5-4-6-13(9-12)19(21)22;1-5-10-6-8-13(9-7-10)11(14)15-12(2,3)4/h5-7,12-14,16H,8-11H2,1-4H3;1-11H;10H,5-9H2,1-4H3. The van der Waals surface area contributed by atoms with Crippen molar-refractivity contribution in [2.45, 2.75) is 97.8 Å². The van der Waals surface area contributed by atoms with Crippen LogP contribution in [0.3, 0.4) is 0 Å². The maximum absolute atomic E-state index is 12.9. The second kappa shape index (κ2) is 23.4. The molecule has 0 bridgehead atoms. The Morgan fingerprint density at radius 2 is 1.10 bits per heavy atom. The molecule has 2 aliphatic rings. The van der Waals surface area contributed by atoms with Gasteiger partial charge < -0.3 is 28.9 Å². The number of ether oxygens (including phenoxy) is 3. The van der Waals surface area contributed by atoms with Crippen LogP contribution in [0.25, 0.3) is 22.5 Å². The van der Waals surface area contributed by atoms with Crippen molar-refractivity contribution in [1.82, 2.24) is 33.8 Å². The molecule has 7 rings (SSSR count). The van der Waals surface area contributed by atoms with Crippen LogP contribution < -0.4 is 4.74 Å². The molecular formula is C49H61N9O11. The number of imidazole rings is 2. The number of carbonyl (C=O) groups is 4. The van der Waals surface area contributed by atoms with E-state index in [0.717, 1.165) is 31.8 Å². The monoisotopic (exact) mass is 951 g/mol. The highest BCUT2D eigenvalue weighted by Gasteiger charge is 2.31. The third kappa shape index (κ3) is 15.7. The summed E-state index contributed by atoms with van der Waals surface area (Å²) < 4.78 is 18.5. The Bertz CT molecular complexity index is 2550. The smallest absolute Gasteiger partial charge is 0.424 e. The van der Waals surface area contributed by atoms with Crippen LogP contribution in [0.15, 0.2) is 104 Å². The van der Waals surface area contributed by atoms with Crippen LogP contribution in [0.5, 0.6) is 5.75 Å². The van der Waals surface area contributed by atoms with E-state index in [2.05, 4.69) is 16.9 Å². The number of rotatable bonds is 7. The first-order valence-electron chi connectivity index (χ1n) is 22.7. The summed E-state index contributed by atoms with van der Waals surface area (Å²) >= 11 is 0. The van der Waals surface area contributed by atoms with Gasteiger partial charge in [-0.15, -0.1) is 0 Å². The molecule has 2 saturated heterocycles. The lowest BCUT2D eigenvalue weighted by atomic mass is 9.95. The molecule has 368 valence electrons. The van der Waals surface area contributed by atoms with Gasteiger partial charge in [0.2, 0.25) is 0 Å². The number of nitro benzene ring substituents is 2. The molecule has 2 aliphatic heterocycles. The molecule has 2 aromatic heterocycles. The van der Waals surface area contributed by atoms with E-state index in [1.165, 1.54) is 58.7 Å². The van der Waals surface area contributed by atoms with Gasteiger partial charge in [-0.1, -0.05) is 55.8 Å². The first kappa shape index (κ1) is 52.3. The maximum Gasteiger partial charge on any atom is 0.424 e. The minimum atomic E-state index is -0.611. The number of likely N-dealkylation sites (tertiary alicyclic amines) is 2. The summed E-state index contributed by atoms with van der Waals surface area (Å²) in [6.45, 7) is 16.2. The number of aromatic nitrogens is 4. The van der Waals surface area contributed by atoms with Gasteiger partial charge in [-0.2, -0.15) is 0 Å². The van der Waals surface area contributed by atoms with Gasteiger partial charge in [0, 0.05) is 87.1 Å². The van der Waals surface area contributed by atoms with Crippen molar-refractivity contribution < 1.29 is 43.2 Å². The van der Waals surface area contributed by atoms with E-state index >= 15 is 0 Å². The van der Waals surface area contributed by atoms with Crippen molar-refractivity contribution in [3.8, 4) is 28.3 Å². The van der Waals surface area contributed by atoms with E-state index in [0.29, 0.717) is 54.2 Å². The Labute approximate surface area is 401 Å². The fraction of sp³-hybridized carbons (Fsp3) is 0.429. The quantitative estimate of drug-likeness (QED) is 0.109. The van der Waals surface area contributed by atoms with Crippen molar-refractivity contribution in [1.29, 1.82) is 0 Å². The van der Waals surface area contributed by atoms with E-state index < -0.39 is 21.5 Å². The number of benzene rings is 3. The van der Waals surface area contributed by atoms with Crippen LogP contribution in [-0.4, -0.2) is 118 Å². The lowest BCUT2D eigenvalue weighted by Crippen LogP contribution is -2.49. The number of non-ortho nitro benzene ring substituents is 2. The molecule has 69 heavy (non-hydrogen) atoms. The Morgan fingerprint density at radius 1 is 0.652 bits per heavy atom. The maximum atomic E-state index is 12.9. The molecule has 2 fully saturated rings. The van der Waals surface area contributed by atoms with Crippen LogP contribution in [0.4, 0.5) is 30.6 Å². The second-order valence-electron chi connectivity index (χ2n) is 18.5. The molecule has 0 saturated carbocycles. The highest BCUT2D eigenvalue weighted by atomic mass is 16.6. The average Bonchev–Trinajstić information content (AvgIpc) is 4.03. The normalized spacial score (nSPS) is 14.3. The van der Waals surface area contributed by atoms with Crippen molar-refractivity contribution >= 4 is 35.7 Å². The number of para-hydroxylation sites is 1. The van der Waals surface area contributed by atoms with Crippen molar-refractivity contribution in [3.63, 3.8) is 0 Å². The van der Waals surface area contributed by atoms with Crippen molar-refractivity contribution in [3.05, 3.63) is 124 Å². The SMILES string of the molecule is CCC1CCN(C(=O)OC(C)(C)C)CC1.CN(C(=O)n1cnc(-c2cccc([N+](=O)[O-])c2)c1)C1CCN(C(=O)OC(C)(C)C)CC1.O=C(Oc1ccccc1)n1cnc(-c2cccc([N+](=O)[O-])c2)c1. The summed E-state index contributed by atoms with van der Waals surface area (Å²) in [5, 5.41) is 21.8. The van der Waals surface area contributed by atoms with Gasteiger partial charge in [-0.3, -0.25) is 24.8 Å². The van der Waals surface area contributed by atoms with Gasteiger partial charge >= 0.3 is 24.3 Å². The number of carbonyl (C=O) groups excluding carboxylic acids is 4. The van der Waals surface area contributed by atoms with Gasteiger partial charge in [-0.25, -0.2) is 33.7 Å². The van der Waals surface area contributed by atoms with Crippen LogP contribution in [0, 0.1) is 26.1 Å². The molecule has 0 atom stereocenters. The fourth-order valence-electron chi connectivity index (χ4n) is 7.30. The molecule has 0 unspecified atom stereocenters. The Kier molecular flexibility index (Phi) is 17.7. The highest BCUT2D eigenvalue weighted by molar-refractivity contribution is 5.78. The predicted octanol–water partition coefficient (Wildman–Crippen LogP) is 10.3. The summed E-state index contributed by atoms with van der Waals surface area (Å²) in [4.78, 5) is 83.2. The van der Waals surface area contributed by atoms with Gasteiger partial charge in [0.1, 0.15) is 29.6 Å². The molecule has 20 heteroatoms. The molecule has 3 amide bonds. The Hall–Kier alpha value is -7.64. The van der Waals surface area contributed by atoms with Gasteiger partial charge in [0.05, 0.1) is 21.2 Å². The largest absolute Gasteiger partial charge is 0.444 e. The third-order valence-electron chi connectivity index (χ3n) is 11.1. The number of piperidine rings is 2. The average molecular weight is 952 g/mol. The third-order valence-corrected chi connectivity index (χ3v) is 11.1. The highest BCUT2D eigenvalue weighted by Crippen LogP contribution is 2.26. The summed E-state index contributed by atoms with van der Waals surface area (Å²) in [5.41, 5.74) is 1.04. The Balaban J connectivity index is 0.000000206. The lowest BCUT2D eigenvalue weighted by molar-refractivity contribution is -0.385.